The van der Waals surface area contributed by atoms with E-state index in [1.807, 2.05) is 13.0 Å². The van der Waals surface area contributed by atoms with Crippen LogP contribution in [0.25, 0.3) is 11.0 Å². The molecule has 1 N–H and O–H groups in total. The third-order valence-corrected chi connectivity index (χ3v) is 4.65. The number of nitrogens with one attached hydrogen (secondary N) is 1. The topological polar surface area (TPSA) is 39.1 Å². The Labute approximate surface area is 119 Å². The van der Waals surface area contributed by atoms with Gasteiger partial charge in [-0.2, -0.15) is 4.98 Å². The fraction of sp³-hybridized carbons (Fsp3) is 0.562. The molecule has 0 spiro atoms. The molecule has 2 fully saturated rings. The van der Waals surface area contributed by atoms with Gasteiger partial charge in [0.05, 0.1) is 17.6 Å². The Hall–Kier alpha value is -1.55. The number of imidazole rings is 1. The van der Waals surface area contributed by atoms with Gasteiger partial charge in [-0.15, -0.1) is 0 Å². The molecule has 2 saturated heterocycles. The van der Waals surface area contributed by atoms with E-state index in [1.165, 1.54) is 31.2 Å². The van der Waals surface area contributed by atoms with Crippen molar-refractivity contribution in [2.45, 2.75) is 50.7 Å². The molecule has 3 atom stereocenters. The average molecular weight is 271 g/mol. The number of hydrogen-bond acceptors (Lipinski definition) is 3. The van der Waals surface area contributed by atoms with Crippen molar-refractivity contribution in [3.63, 3.8) is 0 Å². The summed E-state index contributed by atoms with van der Waals surface area (Å²) < 4.78 is 8.14. The number of para-hydroxylation sites is 2. The van der Waals surface area contributed by atoms with E-state index in [4.69, 9.17) is 4.74 Å². The molecule has 1 aromatic heterocycles. The quantitative estimate of drug-likeness (QED) is 0.933. The van der Waals surface area contributed by atoms with Crippen molar-refractivity contribution in [3.8, 4) is 6.01 Å². The number of nitrogens with zero attached hydrogens (tertiary/aromatic N) is 2. The van der Waals surface area contributed by atoms with E-state index in [-0.39, 0.29) is 0 Å². The van der Waals surface area contributed by atoms with Crippen LogP contribution < -0.4 is 10.1 Å². The molecule has 2 aliphatic rings. The molecule has 1 aromatic carbocycles. The predicted octanol–water partition coefficient (Wildman–Crippen LogP) is 2.89. The van der Waals surface area contributed by atoms with Crippen LogP contribution in [0.4, 0.5) is 0 Å². The molecule has 4 heteroatoms. The number of benzene rings is 1. The Morgan fingerprint density at radius 1 is 1.25 bits per heavy atom. The molecule has 4 nitrogen and oxygen atoms in total. The Kier molecular flexibility index (Phi) is 2.91. The van der Waals surface area contributed by atoms with Crippen LogP contribution >= 0.6 is 0 Å². The average Bonchev–Trinajstić information content (AvgIpc) is 2.99. The van der Waals surface area contributed by atoms with Gasteiger partial charge in [-0.25, -0.2) is 0 Å². The van der Waals surface area contributed by atoms with Crippen LogP contribution in [0.15, 0.2) is 24.3 Å². The first-order valence-electron chi connectivity index (χ1n) is 7.71. The van der Waals surface area contributed by atoms with Gasteiger partial charge in [0.2, 0.25) is 0 Å². The van der Waals surface area contributed by atoms with E-state index in [0.29, 0.717) is 24.7 Å². The van der Waals surface area contributed by atoms with Crippen LogP contribution in [0.1, 0.15) is 38.6 Å². The summed E-state index contributed by atoms with van der Waals surface area (Å²) in [6, 6.07) is 11.0. The monoisotopic (exact) mass is 271 g/mol. The molecule has 20 heavy (non-hydrogen) atoms. The van der Waals surface area contributed by atoms with Crippen molar-refractivity contribution in [2.75, 3.05) is 6.61 Å². The molecule has 106 valence electrons. The minimum absolute atomic E-state index is 0.516. The van der Waals surface area contributed by atoms with Crippen molar-refractivity contribution in [1.82, 2.24) is 14.9 Å². The van der Waals surface area contributed by atoms with Crippen molar-refractivity contribution in [2.24, 2.45) is 0 Å². The second-order valence-electron chi connectivity index (χ2n) is 5.95. The summed E-state index contributed by atoms with van der Waals surface area (Å²) in [4.78, 5) is 4.67. The summed E-state index contributed by atoms with van der Waals surface area (Å²) in [5, 5.41) is 3.71. The van der Waals surface area contributed by atoms with E-state index in [1.54, 1.807) is 0 Å². The molecule has 4 rings (SSSR count). The van der Waals surface area contributed by atoms with E-state index in [0.717, 1.165) is 11.5 Å². The number of aromatic nitrogens is 2. The van der Waals surface area contributed by atoms with Crippen molar-refractivity contribution in [1.29, 1.82) is 0 Å². The lowest BCUT2D eigenvalue weighted by atomic mass is 9.99. The zero-order chi connectivity index (χ0) is 13.5. The zero-order valence-corrected chi connectivity index (χ0v) is 11.9. The Morgan fingerprint density at radius 3 is 2.75 bits per heavy atom. The highest BCUT2D eigenvalue weighted by Gasteiger charge is 2.35. The van der Waals surface area contributed by atoms with Crippen LogP contribution in [-0.2, 0) is 0 Å². The Balaban J connectivity index is 1.78. The largest absolute Gasteiger partial charge is 0.465 e. The van der Waals surface area contributed by atoms with Crippen LogP contribution in [0.2, 0.25) is 0 Å². The third-order valence-electron chi connectivity index (χ3n) is 4.65. The molecule has 0 aliphatic carbocycles. The van der Waals surface area contributed by atoms with Gasteiger partial charge < -0.3 is 10.1 Å². The maximum Gasteiger partial charge on any atom is 0.297 e. The van der Waals surface area contributed by atoms with E-state index in [9.17, 15) is 0 Å². The number of ether oxygens (including phenoxy) is 1. The normalized spacial score (nSPS) is 28.9. The van der Waals surface area contributed by atoms with Crippen LogP contribution in [-0.4, -0.2) is 28.2 Å². The van der Waals surface area contributed by atoms with Gasteiger partial charge in [-0.3, -0.25) is 4.57 Å². The van der Waals surface area contributed by atoms with Crippen molar-refractivity contribution >= 4 is 11.0 Å². The second-order valence-corrected chi connectivity index (χ2v) is 5.95. The van der Waals surface area contributed by atoms with Crippen LogP contribution in [0, 0.1) is 0 Å². The number of fused-ring (bicyclic) bond motifs is 3. The van der Waals surface area contributed by atoms with Crippen molar-refractivity contribution < 1.29 is 4.74 Å². The summed E-state index contributed by atoms with van der Waals surface area (Å²) in [6.07, 6.45) is 5.02. The summed E-state index contributed by atoms with van der Waals surface area (Å²) in [6.45, 7) is 2.69. The first kappa shape index (κ1) is 12.2. The highest BCUT2D eigenvalue weighted by molar-refractivity contribution is 5.76. The highest BCUT2D eigenvalue weighted by Crippen LogP contribution is 2.38. The summed E-state index contributed by atoms with van der Waals surface area (Å²) >= 11 is 0. The fourth-order valence-corrected chi connectivity index (χ4v) is 3.84. The minimum Gasteiger partial charge on any atom is -0.465 e. The molecule has 0 saturated carbocycles. The third kappa shape index (κ3) is 1.90. The summed E-state index contributed by atoms with van der Waals surface area (Å²) in [7, 11) is 0. The standard InChI is InChI=1S/C16H21N3O/c1-2-20-16-18-14-5-3-4-6-15(14)19(16)13-9-11-7-8-12(10-13)17-11/h3-6,11-13,17H,2,7-10H2,1H3/t11-,12+,13+. The highest BCUT2D eigenvalue weighted by atomic mass is 16.5. The van der Waals surface area contributed by atoms with Crippen LogP contribution in [0.3, 0.4) is 0 Å². The van der Waals surface area contributed by atoms with Gasteiger partial charge in [0, 0.05) is 18.1 Å². The molecule has 0 unspecified atom stereocenters. The first-order valence-corrected chi connectivity index (χ1v) is 7.71. The van der Waals surface area contributed by atoms with Crippen LogP contribution in [0.5, 0.6) is 6.01 Å². The fourth-order valence-electron chi connectivity index (χ4n) is 3.84. The van der Waals surface area contributed by atoms with E-state index in [2.05, 4.69) is 33.1 Å². The Bertz CT molecular complexity index is 609. The number of hydrogen-bond donors (Lipinski definition) is 1. The molecule has 0 radical (unpaired) electrons. The van der Waals surface area contributed by atoms with Gasteiger partial charge in [0.1, 0.15) is 0 Å². The lowest BCUT2D eigenvalue weighted by molar-refractivity contribution is 0.249. The lowest BCUT2D eigenvalue weighted by Gasteiger charge is -2.31. The molecular formula is C16H21N3O. The molecule has 2 aromatic rings. The zero-order valence-electron chi connectivity index (χ0n) is 11.9. The summed E-state index contributed by atoms with van der Waals surface area (Å²) in [5.74, 6) is 0. The Morgan fingerprint density at radius 2 is 2.00 bits per heavy atom. The first-order chi connectivity index (χ1) is 9.85. The smallest absolute Gasteiger partial charge is 0.297 e. The van der Waals surface area contributed by atoms with E-state index < -0.39 is 0 Å². The van der Waals surface area contributed by atoms with Gasteiger partial charge in [0.25, 0.3) is 6.01 Å². The van der Waals surface area contributed by atoms with Gasteiger partial charge in [-0.1, -0.05) is 12.1 Å². The minimum atomic E-state index is 0.516. The predicted molar refractivity (Wildman–Crippen MR) is 79.1 cm³/mol. The molecular weight excluding hydrogens is 250 g/mol. The molecule has 0 amide bonds. The molecule has 2 bridgehead atoms. The number of rotatable bonds is 3. The number of piperidine rings is 1. The maximum absolute atomic E-state index is 5.80. The van der Waals surface area contributed by atoms with Crippen molar-refractivity contribution in [3.05, 3.63) is 24.3 Å². The van der Waals surface area contributed by atoms with Gasteiger partial charge >= 0.3 is 0 Å². The molecule has 2 aliphatic heterocycles. The second kappa shape index (κ2) is 4.77. The van der Waals surface area contributed by atoms with E-state index >= 15 is 0 Å². The lowest BCUT2D eigenvalue weighted by Crippen LogP contribution is -2.38. The molecule has 3 heterocycles. The SMILES string of the molecule is CCOc1nc2ccccc2n1[C@H]1C[C@H]2CC[C@@H](C1)N2. The summed E-state index contributed by atoms with van der Waals surface area (Å²) in [5.41, 5.74) is 2.25. The van der Waals surface area contributed by atoms with Gasteiger partial charge in [-0.05, 0) is 44.7 Å². The maximum atomic E-state index is 5.80. The van der Waals surface area contributed by atoms with Gasteiger partial charge in [0.15, 0.2) is 0 Å².